The highest BCUT2D eigenvalue weighted by Gasteiger charge is 2.40. The first-order chi connectivity index (χ1) is 8.15. The van der Waals surface area contributed by atoms with Gasteiger partial charge in [0.1, 0.15) is 0 Å². The van der Waals surface area contributed by atoms with Crippen molar-refractivity contribution in [3.8, 4) is 0 Å². The predicted molar refractivity (Wildman–Crippen MR) is 71.2 cm³/mol. The molecule has 17 heavy (non-hydrogen) atoms. The van der Waals surface area contributed by atoms with Gasteiger partial charge in [0.2, 0.25) is 0 Å². The SMILES string of the molecule is CCN(CC)CCC1(O)CC2CCCC(C1)N2. The van der Waals surface area contributed by atoms with Gasteiger partial charge in [0.25, 0.3) is 0 Å². The van der Waals surface area contributed by atoms with Crippen LogP contribution in [0.4, 0.5) is 0 Å². The summed E-state index contributed by atoms with van der Waals surface area (Å²) in [6.07, 6.45) is 6.72. The van der Waals surface area contributed by atoms with Crippen molar-refractivity contribution in [1.29, 1.82) is 0 Å². The van der Waals surface area contributed by atoms with E-state index in [9.17, 15) is 5.11 Å². The van der Waals surface area contributed by atoms with Crippen LogP contribution in [0.15, 0.2) is 0 Å². The summed E-state index contributed by atoms with van der Waals surface area (Å²) >= 11 is 0. The molecule has 2 heterocycles. The molecule has 2 atom stereocenters. The normalized spacial score (nSPS) is 37.4. The van der Waals surface area contributed by atoms with Gasteiger partial charge in [0.15, 0.2) is 0 Å². The van der Waals surface area contributed by atoms with Gasteiger partial charge in [-0.15, -0.1) is 0 Å². The van der Waals surface area contributed by atoms with Crippen LogP contribution in [-0.4, -0.2) is 47.3 Å². The van der Waals surface area contributed by atoms with Crippen LogP contribution < -0.4 is 5.32 Å². The Morgan fingerprint density at radius 3 is 2.29 bits per heavy atom. The minimum absolute atomic E-state index is 0.399. The van der Waals surface area contributed by atoms with Gasteiger partial charge in [-0.2, -0.15) is 0 Å². The number of hydrogen-bond acceptors (Lipinski definition) is 3. The van der Waals surface area contributed by atoms with Gasteiger partial charge in [-0.05, 0) is 45.2 Å². The summed E-state index contributed by atoms with van der Waals surface area (Å²) in [4.78, 5) is 2.41. The highest BCUT2D eigenvalue weighted by molar-refractivity contribution is 4.97. The summed E-state index contributed by atoms with van der Waals surface area (Å²) in [6.45, 7) is 7.63. The molecule has 0 aromatic heterocycles. The predicted octanol–water partition coefficient (Wildman–Crippen LogP) is 1.75. The molecule has 2 aliphatic rings. The van der Waals surface area contributed by atoms with E-state index in [0.717, 1.165) is 38.9 Å². The molecule has 2 rings (SSSR count). The van der Waals surface area contributed by atoms with Gasteiger partial charge in [0, 0.05) is 18.6 Å². The fraction of sp³-hybridized carbons (Fsp3) is 1.00. The van der Waals surface area contributed by atoms with E-state index in [0.29, 0.717) is 12.1 Å². The number of hydrogen-bond donors (Lipinski definition) is 2. The van der Waals surface area contributed by atoms with Crippen LogP contribution in [-0.2, 0) is 0 Å². The van der Waals surface area contributed by atoms with Crippen molar-refractivity contribution in [2.75, 3.05) is 19.6 Å². The average molecular weight is 240 g/mol. The van der Waals surface area contributed by atoms with Gasteiger partial charge in [0.05, 0.1) is 5.60 Å². The van der Waals surface area contributed by atoms with E-state index in [4.69, 9.17) is 0 Å². The first-order valence-corrected chi connectivity index (χ1v) is 7.36. The van der Waals surface area contributed by atoms with E-state index in [1.807, 2.05) is 0 Å². The molecule has 2 bridgehead atoms. The molecule has 0 radical (unpaired) electrons. The lowest BCUT2D eigenvalue weighted by atomic mass is 9.75. The van der Waals surface area contributed by atoms with E-state index < -0.39 is 5.60 Å². The molecule has 2 saturated heterocycles. The van der Waals surface area contributed by atoms with Crippen molar-refractivity contribution in [2.45, 2.75) is 70.1 Å². The lowest BCUT2D eigenvalue weighted by Crippen LogP contribution is -2.56. The van der Waals surface area contributed by atoms with Crippen molar-refractivity contribution >= 4 is 0 Å². The Hall–Kier alpha value is -0.120. The fourth-order valence-electron chi connectivity index (χ4n) is 3.54. The first kappa shape index (κ1) is 13.3. The van der Waals surface area contributed by atoms with E-state index in [1.54, 1.807) is 0 Å². The lowest BCUT2D eigenvalue weighted by molar-refractivity contribution is -0.0422. The minimum Gasteiger partial charge on any atom is -0.390 e. The largest absolute Gasteiger partial charge is 0.390 e. The summed E-state index contributed by atoms with van der Waals surface area (Å²) < 4.78 is 0. The van der Waals surface area contributed by atoms with Crippen LogP contribution in [0, 0.1) is 0 Å². The number of piperidine rings is 2. The van der Waals surface area contributed by atoms with Gasteiger partial charge >= 0.3 is 0 Å². The standard InChI is InChI=1S/C14H28N2O/c1-3-16(4-2)9-8-14(17)10-12-6-5-7-13(11-14)15-12/h12-13,15,17H,3-11H2,1-2H3. The molecule has 3 nitrogen and oxygen atoms in total. The zero-order chi connectivity index (χ0) is 12.3. The van der Waals surface area contributed by atoms with Crippen molar-refractivity contribution < 1.29 is 5.11 Å². The monoisotopic (exact) mass is 240 g/mol. The molecule has 0 amide bonds. The molecule has 0 spiro atoms. The van der Waals surface area contributed by atoms with Crippen molar-refractivity contribution in [3.05, 3.63) is 0 Å². The Bertz CT molecular complexity index is 228. The summed E-state index contributed by atoms with van der Waals surface area (Å²) in [5, 5.41) is 14.4. The second-order valence-electron chi connectivity index (χ2n) is 5.90. The Balaban J connectivity index is 1.86. The summed E-state index contributed by atoms with van der Waals surface area (Å²) in [7, 11) is 0. The number of aliphatic hydroxyl groups is 1. The molecule has 2 N–H and O–H groups in total. The van der Waals surface area contributed by atoms with Crippen molar-refractivity contribution in [1.82, 2.24) is 10.2 Å². The zero-order valence-electron chi connectivity index (χ0n) is 11.4. The maximum absolute atomic E-state index is 10.8. The molecule has 100 valence electrons. The molecule has 0 aliphatic carbocycles. The third kappa shape index (κ3) is 3.43. The van der Waals surface area contributed by atoms with Crippen LogP contribution in [0.5, 0.6) is 0 Å². The number of fused-ring (bicyclic) bond motifs is 2. The highest BCUT2D eigenvalue weighted by atomic mass is 16.3. The second kappa shape index (κ2) is 5.68. The lowest BCUT2D eigenvalue weighted by Gasteiger charge is -2.45. The first-order valence-electron chi connectivity index (χ1n) is 7.36. The molecule has 2 unspecified atom stereocenters. The van der Waals surface area contributed by atoms with Gasteiger partial charge in [-0.1, -0.05) is 20.3 Å². The Labute approximate surface area is 106 Å². The highest BCUT2D eigenvalue weighted by Crippen LogP contribution is 2.34. The van der Waals surface area contributed by atoms with Gasteiger partial charge in [-0.3, -0.25) is 0 Å². The van der Waals surface area contributed by atoms with Crippen LogP contribution in [0.3, 0.4) is 0 Å². The maximum Gasteiger partial charge on any atom is 0.0689 e. The fourth-order valence-corrected chi connectivity index (χ4v) is 3.54. The molecule has 2 aliphatic heterocycles. The van der Waals surface area contributed by atoms with Gasteiger partial charge < -0.3 is 15.3 Å². The van der Waals surface area contributed by atoms with Crippen LogP contribution in [0.2, 0.25) is 0 Å². The summed E-state index contributed by atoms with van der Waals surface area (Å²) in [5.74, 6) is 0. The van der Waals surface area contributed by atoms with Crippen LogP contribution in [0.1, 0.15) is 52.4 Å². The second-order valence-corrected chi connectivity index (χ2v) is 5.90. The molecule has 3 heteroatoms. The van der Waals surface area contributed by atoms with E-state index in [2.05, 4.69) is 24.1 Å². The zero-order valence-corrected chi connectivity index (χ0v) is 11.4. The van der Waals surface area contributed by atoms with Crippen LogP contribution in [0.25, 0.3) is 0 Å². The third-order valence-electron chi connectivity index (χ3n) is 4.62. The maximum atomic E-state index is 10.8. The third-order valence-corrected chi connectivity index (χ3v) is 4.62. The number of nitrogens with one attached hydrogen (secondary N) is 1. The minimum atomic E-state index is -0.399. The topological polar surface area (TPSA) is 35.5 Å². The molecule has 0 aromatic rings. The van der Waals surface area contributed by atoms with Crippen LogP contribution >= 0.6 is 0 Å². The van der Waals surface area contributed by atoms with Crippen molar-refractivity contribution in [3.63, 3.8) is 0 Å². The Kier molecular flexibility index (Phi) is 4.45. The van der Waals surface area contributed by atoms with E-state index >= 15 is 0 Å². The Morgan fingerprint density at radius 2 is 1.76 bits per heavy atom. The quantitative estimate of drug-likeness (QED) is 0.768. The molecule has 0 saturated carbocycles. The smallest absolute Gasteiger partial charge is 0.0689 e. The summed E-state index contributed by atoms with van der Waals surface area (Å²) in [6, 6.07) is 1.15. The van der Waals surface area contributed by atoms with E-state index in [1.165, 1.54) is 19.3 Å². The van der Waals surface area contributed by atoms with Gasteiger partial charge in [-0.25, -0.2) is 0 Å². The van der Waals surface area contributed by atoms with E-state index in [-0.39, 0.29) is 0 Å². The van der Waals surface area contributed by atoms with Crippen molar-refractivity contribution in [2.24, 2.45) is 0 Å². The number of nitrogens with zero attached hydrogens (tertiary/aromatic N) is 1. The molecular weight excluding hydrogens is 212 g/mol. The Morgan fingerprint density at radius 1 is 1.18 bits per heavy atom. The summed E-state index contributed by atoms with van der Waals surface area (Å²) in [5.41, 5.74) is -0.399. The number of rotatable bonds is 5. The average Bonchev–Trinajstić information content (AvgIpc) is 2.29. The molecule has 2 fully saturated rings. The molecule has 0 aromatic carbocycles. The molecular formula is C14H28N2O.